The number of likely N-dealkylation sites (N-methyl/N-ethyl adjacent to an activating group) is 1. The molecular formula is C26H22FN3O4. The molecule has 0 aliphatic carbocycles. The summed E-state index contributed by atoms with van der Waals surface area (Å²) < 4.78 is 14.3. The van der Waals surface area contributed by atoms with Gasteiger partial charge in [0.1, 0.15) is 11.5 Å². The van der Waals surface area contributed by atoms with Crippen molar-refractivity contribution in [3.63, 3.8) is 0 Å². The summed E-state index contributed by atoms with van der Waals surface area (Å²) in [6, 6.07) is 21.0. The maximum absolute atomic E-state index is 14.3. The predicted octanol–water partition coefficient (Wildman–Crippen LogP) is 4.54. The van der Waals surface area contributed by atoms with Crippen LogP contribution in [0.4, 0.5) is 10.1 Å². The van der Waals surface area contributed by atoms with Gasteiger partial charge in [0.25, 0.3) is 17.5 Å². The average molecular weight is 459 g/mol. The summed E-state index contributed by atoms with van der Waals surface area (Å²) >= 11 is 0. The van der Waals surface area contributed by atoms with Crippen molar-refractivity contribution in [1.82, 2.24) is 9.80 Å². The van der Waals surface area contributed by atoms with Crippen LogP contribution in [0.5, 0.6) is 0 Å². The van der Waals surface area contributed by atoms with Crippen LogP contribution in [-0.4, -0.2) is 33.1 Å². The molecule has 7 nitrogen and oxygen atoms in total. The minimum atomic E-state index is -0.566. The predicted molar refractivity (Wildman–Crippen MR) is 124 cm³/mol. The Kier molecular flexibility index (Phi) is 6.49. The third-order valence-electron chi connectivity index (χ3n) is 5.71. The number of nitrogens with zero attached hydrogens (tertiary/aromatic N) is 3. The molecule has 0 fully saturated rings. The second-order valence-electron chi connectivity index (χ2n) is 7.82. The lowest BCUT2D eigenvalue weighted by Gasteiger charge is -2.25. The van der Waals surface area contributed by atoms with Gasteiger partial charge in [-0.3, -0.25) is 24.6 Å². The normalized spacial score (nSPS) is 13.5. The number of carbonyl (C=O) groups is 2. The molecule has 0 N–H and O–H groups in total. The van der Waals surface area contributed by atoms with Gasteiger partial charge >= 0.3 is 0 Å². The maximum atomic E-state index is 14.3. The summed E-state index contributed by atoms with van der Waals surface area (Å²) in [6.07, 6.45) is 0. The van der Waals surface area contributed by atoms with Gasteiger partial charge in [-0.05, 0) is 36.2 Å². The van der Waals surface area contributed by atoms with Gasteiger partial charge in [0, 0.05) is 30.8 Å². The monoisotopic (exact) mass is 459 g/mol. The molecule has 3 aromatic carbocycles. The van der Waals surface area contributed by atoms with Crippen LogP contribution < -0.4 is 0 Å². The number of amides is 2. The lowest BCUT2D eigenvalue weighted by molar-refractivity contribution is -0.384. The molecule has 0 bridgehead atoms. The first-order chi connectivity index (χ1) is 16.4. The smallest absolute Gasteiger partial charge is 0.278 e. The average Bonchev–Trinajstić information content (AvgIpc) is 3.09. The molecule has 0 spiro atoms. The van der Waals surface area contributed by atoms with Gasteiger partial charge in [-0.15, -0.1) is 0 Å². The van der Waals surface area contributed by atoms with Crippen molar-refractivity contribution >= 4 is 23.1 Å². The number of carbonyl (C=O) groups excluding carboxylic acids is 2. The van der Waals surface area contributed by atoms with E-state index in [0.717, 1.165) is 10.5 Å². The Morgan fingerprint density at radius 3 is 2.18 bits per heavy atom. The second kappa shape index (κ2) is 9.66. The minimum absolute atomic E-state index is 0.123. The molecule has 34 heavy (non-hydrogen) atoms. The highest BCUT2D eigenvalue weighted by Crippen LogP contribution is 2.34. The Labute approximate surface area is 195 Å². The van der Waals surface area contributed by atoms with E-state index in [-0.39, 0.29) is 29.1 Å². The Bertz CT molecular complexity index is 1270. The van der Waals surface area contributed by atoms with Gasteiger partial charge < -0.3 is 4.90 Å². The Hall–Kier alpha value is -4.33. The van der Waals surface area contributed by atoms with E-state index in [9.17, 15) is 24.1 Å². The Morgan fingerprint density at radius 1 is 0.912 bits per heavy atom. The van der Waals surface area contributed by atoms with Crippen molar-refractivity contribution in [3.05, 3.63) is 117 Å². The SMILES string of the molecule is CCN(Cc1ccccc1)C1=C(c2ccc([N+](=O)[O-])cc2)C(=O)N(Cc2ccccc2F)C1=O. The number of hydrogen-bond donors (Lipinski definition) is 0. The molecule has 0 aromatic heterocycles. The molecule has 4 rings (SSSR count). The number of nitro benzene ring substituents is 1. The Morgan fingerprint density at radius 2 is 1.56 bits per heavy atom. The highest BCUT2D eigenvalue weighted by atomic mass is 19.1. The van der Waals surface area contributed by atoms with Crippen molar-refractivity contribution in [2.75, 3.05) is 6.54 Å². The molecule has 0 saturated heterocycles. The first-order valence-corrected chi connectivity index (χ1v) is 10.8. The third kappa shape index (κ3) is 4.43. The van der Waals surface area contributed by atoms with Crippen molar-refractivity contribution in [2.24, 2.45) is 0 Å². The van der Waals surface area contributed by atoms with Gasteiger partial charge in [-0.1, -0.05) is 48.5 Å². The first kappa shape index (κ1) is 22.8. The molecule has 0 radical (unpaired) electrons. The van der Waals surface area contributed by atoms with E-state index < -0.39 is 22.6 Å². The summed E-state index contributed by atoms with van der Waals surface area (Å²) in [7, 11) is 0. The van der Waals surface area contributed by atoms with E-state index in [1.54, 1.807) is 11.0 Å². The molecule has 8 heteroatoms. The van der Waals surface area contributed by atoms with E-state index >= 15 is 0 Å². The number of nitro groups is 1. The molecule has 172 valence electrons. The van der Waals surface area contributed by atoms with Crippen molar-refractivity contribution in [3.8, 4) is 0 Å². The van der Waals surface area contributed by atoms with E-state index in [0.29, 0.717) is 18.7 Å². The van der Waals surface area contributed by atoms with Crippen LogP contribution in [0.15, 0.2) is 84.6 Å². The number of imide groups is 1. The topological polar surface area (TPSA) is 83.8 Å². The minimum Gasteiger partial charge on any atom is -0.362 e. The quantitative estimate of drug-likeness (QED) is 0.281. The van der Waals surface area contributed by atoms with E-state index in [1.165, 1.54) is 42.5 Å². The van der Waals surface area contributed by atoms with Crippen LogP contribution in [0.1, 0.15) is 23.6 Å². The van der Waals surface area contributed by atoms with Crippen molar-refractivity contribution < 1.29 is 18.9 Å². The van der Waals surface area contributed by atoms with Crippen LogP contribution in [-0.2, 0) is 22.7 Å². The fraction of sp³-hybridized carbons (Fsp3) is 0.154. The zero-order chi connectivity index (χ0) is 24.2. The number of benzene rings is 3. The molecule has 1 aliphatic rings. The summed E-state index contributed by atoms with van der Waals surface area (Å²) in [6.45, 7) is 2.48. The first-order valence-electron chi connectivity index (χ1n) is 10.8. The van der Waals surface area contributed by atoms with Crippen molar-refractivity contribution in [2.45, 2.75) is 20.0 Å². The molecule has 3 aromatic rings. The number of rotatable bonds is 8. The summed E-state index contributed by atoms with van der Waals surface area (Å²) in [5, 5.41) is 11.1. The zero-order valence-corrected chi connectivity index (χ0v) is 18.5. The molecule has 0 atom stereocenters. The third-order valence-corrected chi connectivity index (χ3v) is 5.71. The fourth-order valence-electron chi connectivity index (χ4n) is 3.96. The van der Waals surface area contributed by atoms with Gasteiger partial charge in [0.05, 0.1) is 17.0 Å². The van der Waals surface area contributed by atoms with E-state index in [4.69, 9.17) is 0 Å². The molecule has 0 unspecified atom stereocenters. The maximum Gasteiger partial charge on any atom is 0.278 e. The zero-order valence-electron chi connectivity index (χ0n) is 18.5. The van der Waals surface area contributed by atoms with Gasteiger partial charge in [-0.2, -0.15) is 0 Å². The van der Waals surface area contributed by atoms with E-state index in [2.05, 4.69) is 0 Å². The summed E-state index contributed by atoms with van der Waals surface area (Å²) in [5.41, 5.74) is 1.78. The van der Waals surface area contributed by atoms with Crippen LogP contribution in [0, 0.1) is 15.9 Å². The lowest BCUT2D eigenvalue weighted by atomic mass is 10.0. The molecule has 1 heterocycles. The molecular weight excluding hydrogens is 437 g/mol. The molecule has 1 aliphatic heterocycles. The van der Waals surface area contributed by atoms with Crippen molar-refractivity contribution in [1.29, 1.82) is 0 Å². The standard InChI is InChI=1S/C26H22FN3O4/c1-2-28(16-18-8-4-3-5-9-18)24-23(19-12-14-21(15-13-19)30(33)34)25(31)29(26(24)32)17-20-10-6-7-11-22(20)27/h3-15H,2,16-17H2,1H3. The number of non-ortho nitro benzene ring substituents is 1. The highest BCUT2D eigenvalue weighted by molar-refractivity contribution is 6.35. The van der Waals surface area contributed by atoms with Crippen LogP contribution >= 0.6 is 0 Å². The van der Waals surface area contributed by atoms with Gasteiger partial charge in [0.2, 0.25) is 0 Å². The highest BCUT2D eigenvalue weighted by Gasteiger charge is 2.41. The second-order valence-corrected chi connectivity index (χ2v) is 7.82. The summed E-state index contributed by atoms with van der Waals surface area (Å²) in [5.74, 6) is -1.60. The summed E-state index contributed by atoms with van der Waals surface area (Å²) in [4.78, 5) is 40.4. The van der Waals surface area contributed by atoms with Crippen LogP contribution in [0.2, 0.25) is 0 Å². The Balaban J connectivity index is 1.78. The molecule has 0 saturated carbocycles. The lowest BCUT2D eigenvalue weighted by Crippen LogP contribution is -2.35. The van der Waals surface area contributed by atoms with Gasteiger partial charge in [-0.25, -0.2) is 4.39 Å². The van der Waals surface area contributed by atoms with Gasteiger partial charge in [0.15, 0.2) is 0 Å². The number of hydrogen-bond acceptors (Lipinski definition) is 5. The van der Waals surface area contributed by atoms with Crippen LogP contribution in [0.3, 0.4) is 0 Å². The largest absolute Gasteiger partial charge is 0.362 e. The molecule has 2 amide bonds. The number of halogens is 1. The fourth-order valence-corrected chi connectivity index (χ4v) is 3.96. The van der Waals surface area contributed by atoms with E-state index in [1.807, 2.05) is 37.3 Å². The van der Waals surface area contributed by atoms with Crippen LogP contribution in [0.25, 0.3) is 5.57 Å².